The zero-order valence-electron chi connectivity index (χ0n) is 13.4. The van der Waals surface area contributed by atoms with Crippen molar-refractivity contribution in [2.45, 2.75) is 77.0 Å². The molecule has 4 bridgehead atoms. The van der Waals surface area contributed by atoms with Crippen LogP contribution in [0.4, 0.5) is 0 Å². The average molecular weight is 289 g/mol. The van der Waals surface area contributed by atoms with Gasteiger partial charge in [-0.3, -0.25) is 4.79 Å². The third kappa shape index (κ3) is 3.00. The molecular formula is C19H31NO. The van der Waals surface area contributed by atoms with E-state index >= 15 is 0 Å². The Balaban J connectivity index is 1.25. The van der Waals surface area contributed by atoms with Gasteiger partial charge in [0.25, 0.3) is 0 Å². The molecule has 0 atom stereocenters. The lowest BCUT2D eigenvalue weighted by atomic mass is 9.49. The van der Waals surface area contributed by atoms with Crippen LogP contribution in [0.2, 0.25) is 0 Å². The summed E-state index contributed by atoms with van der Waals surface area (Å²) in [6.45, 7) is 0.986. The Bertz CT molecular complexity index is 361. The molecule has 0 unspecified atom stereocenters. The van der Waals surface area contributed by atoms with Gasteiger partial charge in [-0.2, -0.15) is 0 Å². The summed E-state index contributed by atoms with van der Waals surface area (Å²) in [5.41, 5.74) is 0.498. The van der Waals surface area contributed by atoms with Crippen molar-refractivity contribution in [3.05, 3.63) is 0 Å². The molecule has 0 saturated heterocycles. The molecule has 5 fully saturated rings. The molecular weight excluding hydrogens is 258 g/mol. The van der Waals surface area contributed by atoms with Gasteiger partial charge in [-0.15, -0.1) is 0 Å². The Morgan fingerprint density at radius 2 is 1.52 bits per heavy atom. The van der Waals surface area contributed by atoms with E-state index in [1.165, 1.54) is 64.2 Å². The predicted molar refractivity (Wildman–Crippen MR) is 84.8 cm³/mol. The van der Waals surface area contributed by atoms with Crippen LogP contribution in [-0.2, 0) is 4.79 Å². The number of amides is 1. The van der Waals surface area contributed by atoms with Gasteiger partial charge >= 0.3 is 0 Å². The Morgan fingerprint density at radius 1 is 0.952 bits per heavy atom. The molecule has 1 amide bonds. The first-order valence-corrected chi connectivity index (χ1v) is 9.47. The highest BCUT2D eigenvalue weighted by atomic mass is 16.1. The van der Waals surface area contributed by atoms with Crippen molar-refractivity contribution in [2.75, 3.05) is 6.54 Å². The maximum Gasteiger partial charge on any atom is 0.220 e. The highest BCUT2D eigenvalue weighted by Crippen LogP contribution is 2.59. The van der Waals surface area contributed by atoms with Gasteiger partial charge in [0, 0.05) is 13.0 Å². The minimum Gasteiger partial charge on any atom is -0.356 e. The van der Waals surface area contributed by atoms with E-state index < -0.39 is 0 Å². The maximum atomic E-state index is 12.2. The summed E-state index contributed by atoms with van der Waals surface area (Å²) in [7, 11) is 0. The standard InChI is InChI=1S/C19H31NO/c21-18(6-5-14-3-1-2-4-14)20-13-19-10-15-7-16(11-19)9-17(8-15)12-19/h14-17H,1-13H2,(H,20,21). The molecule has 5 saturated carbocycles. The molecule has 0 heterocycles. The summed E-state index contributed by atoms with van der Waals surface area (Å²) < 4.78 is 0. The van der Waals surface area contributed by atoms with Crippen LogP contribution < -0.4 is 5.32 Å². The number of hydrogen-bond donors (Lipinski definition) is 1. The third-order valence-corrected chi connectivity index (χ3v) is 7.08. The Labute approximate surface area is 129 Å². The highest BCUT2D eigenvalue weighted by molar-refractivity contribution is 5.75. The van der Waals surface area contributed by atoms with Gasteiger partial charge in [0.05, 0.1) is 0 Å². The molecule has 118 valence electrons. The van der Waals surface area contributed by atoms with Crippen molar-refractivity contribution in [1.82, 2.24) is 5.32 Å². The van der Waals surface area contributed by atoms with Crippen molar-refractivity contribution in [3.8, 4) is 0 Å². The fourth-order valence-electron chi connectivity index (χ4n) is 6.52. The van der Waals surface area contributed by atoms with Crippen molar-refractivity contribution >= 4 is 5.91 Å². The molecule has 21 heavy (non-hydrogen) atoms. The van der Waals surface area contributed by atoms with E-state index in [0.29, 0.717) is 11.3 Å². The molecule has 0 aromatic rings. The van der Waals surface area contributed by atoms with Crippen molar-refractivity contribution < 1.29 is 4.79 Å². The second kappa shape index (κ2) is 5.59. The molecule has 0 radical (unpaired) electrons. The summed E-state index contributed by atoms with van der Waals surface area (Å²) >= 11 is 0. The predicted octanol–water partition coefficient (Wildman–Crippen LogP) is 4.29. The lowest BCUT2D eigenvalue weighted by Gasteiger charge is -2.56. The number of carbonyl (C=O) groups excluding carboxylic acids is 1. The van der Waals surface area contributed by atoms with Gasteiger partial charge in [0.2, 0.25) is 5.91 Å². The van der Waals surface area contributed by atoms with E-state index in [1.54, 1.807) is 0 Å². The van der Waals surface area contributed by atoms with Gasteiger partial charge < -0.3 is 5.32 Å². The van der Waals surface area contributed by atoms with E-state index in [9.17, 15) is 4.79 Å². The average Bonchev–Trinajstić information content (AvgIpc) is 2.95. The van der Waals surface area contributed by atoms with Crippen LogP contribution in [0.1, 0.15) is 77.0 Å². The summed E-state index contributed by atoms with van der Waals surface area (Å²) in [5.74, 6) is 4.15. The quantitative estimate of drug-likeness (QED) is 0.803. The number of nitrogens with one attached hydrogen (secondary N) is 1. The second-order valence-corrected chi connectivity index (χ2v) is 8.88. The normalized spacial score (nSPS) is 41.6. The molecule has 0 spiro atoms. The van der Waals surface area contributed by atoms with Gasteiger partial charge in [-0.05, 0) is 74.0 Å². The summed E-state index contributed by atoms with van der Waals surface area (Å²) in [5, 5.41) is 3.32. The van der Waals surface area contributed by atoms with Crippen LogP contribution in [-0.4, -0.2) is 12.5 Å². The van der Waals surface area contributed by atoms with Crippen LogP contribution >= 0.6 is 0 Å². The third-order valence-electron chi connectivity index (χ3n) is 7.08. The van der Waals surface area contributed by atoms with Crippen molar-refractivity contribution in [3.63, 3.8) is 0 Å². The Kier molecular flexibility index (Phi) is 3.75. The molecule has 1 N–H and O–H groups in total. The minimum absolute atomic E-state index is 0.331. The van der Waals surface area contributed by atoms with Gasteiger partial charge in [-0.1, -0.05) is 25.7 Å². The van der Waals surface area contributed by atoms with E-state index in [1.807, 2.05) is 0 Å². The van der Waals surface area contributed by atoms with Gasteiger partial charge in [0.1, 0.15) is 0 Å². The first kappa shape index (κ1) is 14.1. The second-order valence-electron chi connectivity index (χ2n) is 8.88. The number of carbonyl (C=O) groups is 1. The van der Waals surface area contributed by atoms with E-state index in [-0.39, 0.29) is 0 Å². The molecule has 5 aliphatic carbocycles. The fourth-order valence-corrected chi connectivity index (χ4v) is 6.52. The molecule has 5 aliphatic rings. The Hall–Kier alpha value is -0.530. The van der Waals surface area contributed by atoms with E-state index in [4.69, 9.17) is 0 Å². The van der Waals surface area contributed by atoms with Crippen LogP contribution in [0.5, 0.6) is 0 Å². The lowest BCUT2D eigenvalue weighted by Crippen LogP contribution is -2.51. The first-order valence-electron chi connectivity index (χ1n) is 9.47. The molecule has 0 aromatic heterocycles. The number of rotatable bonds is 5. The number of hydrogen-bond acceptors (Lipinski definition) is 1. The van der Waals surface area contributed by atoms with Crippen molar-refractivity contribution in [1.29, 1.82) is 0 Å². The minimum atomic E-state index is 0.331. The monoisotopic (exact) mass is 289 g/mol. The zero-order chi connectivity index (χ0) is 14.3. The SMILES string of the molecule is O=C(CCC1CCCC1)NCC12CC3CC(CC(C3)C1)C2. The largest absolute Gasteiger partial charge is 0.356 e. The molecule has 0 aliphatic heterocycles. The smallest absolute Gasteiger partial charge is 0.220 e. The molecule has 2 nitrogen and oxygen atoms in total. The van der Waals surface area contributed by atoms with Crippen LogP contribution in [0.3, 0.4) is 0 Å². The van der Waals surface area contributed by atoms with Crippen LogP contribution in [0.25, 0.3) is 0 Å². The van der Waals surface area contributed by atoms with Gasteiger partial charge in [0.15, 0.2) is 0 Å². The van der Waals surface area contributed by atoms with Crippen molar-refractivity contribution in [2.24, 2.45) is 29.1 Å². The summed E-state index contributed by atoms with van der Waals surface area (Å²) in [6.07, 6.45) is 16.1. The maximum absolute atomic E-state index is 12.2. The topological polar surface area (TPSA) is 29.1 Å². The van der Waals surface area contributed by atoms with Crippen LogP contribution in [0.15, 0.2) is 0 Å². The van der Waals surface area contributed by atoms with E-state index in [2.05, 4.69) is 5.32 Å². The van der Waals surface area contributed by atoms with E-state index in [0.717, 1.165) is 43.1 Å². The zero-order valence-corrected chi connectivity index (χ0v) is 13.4. The summed E-state index contributed by atoms with van der Waals surface area (Å²) in [6, 6.07) is 0. The lowest BCUT2D eigenvalue weighted by molar-refractivity contribution is -0.123. The van der Waals surface area contributed by atoms with Crippen LogP contribution in [0, 0.1) is 29.1 Å². The van der Waals surface area contributed by atoms with Gasteiger partial charge in [-0.25, -0.2) is 0 Å². The molecule has 5 rings (SSSR count). The first-order chi connectivity index (χ1) is 10.2. The fraction of sp³-hybridized carbons (Fsp3) is 0.947. The molecule has 0 aromatic carbocycles. The Morgan fingerprint density at radius 3 is 2.10 bits per heavy atom. The molecule has 2 heteroatoms. The highest BCUT2D eigenvalue weighted by Gasteiger charge is 2.50. The summed E-state index contributed by atoms with van der Waals surface area (Å²) in [4.78, 5) is 12.2.